The van der Waals surface area contributed by atoms with Crippen LogP contribution in [0.1, 0.15) is 36.4 Å². The fourth-order valence-electron chi connectivity index (χ4n) is 3.90. The lowest BCUT2D eigenvalue weighted by Gasteiger charge is -2.38. The third kappa shape index (κ3) is 2.58. The highest BCUT2D eigenvalue weighted by molar-refractivity contribution is 6.42. The summed E-state index contributed by atoms with van der Waals surface area (Å²) in [7, 11) is 0. The molecule has 0 aromatic heterocycles. The first kappa shape index (κ1) is 15.9. The van der Waals surface area contributed by atoms with E-state index in [4.69, 9.17) is 27.9 Å². The van der Waals surface area contributed by atoms with Gasteiger partial charge in [0, 0.05) is 11.6 Å². The molecule has 1 heterocycles. The lowest BCUT2D eigenvalue weighted by molar-refractivity contribution is 0.338. The summed E-state index contributed by atoms with van der Waals surface area (Å²) < 4.78 is 5.68. The molecule has 0 spiro atoms. The summed E-state index contributed by atoms with van der Waals surface area (Å²) in [6.45, 7) is 2.68. The van der Waals surface area contributed by atoms with Gasteiger partial charge in [0.15, 0.2) is 0 Å². The highest BCUT2D eigenvalue weighted by Gasteiger charge is 2.38. The minimum absolute atomic E-state index is 0.154. The summed E-state index contributed by atoms with van der Waals surface area (Å²) in [4.78, 5) is 0. The zero-order valence-corrected chi connectivity index (χ0v) is 14.9. The number of hydrogen-bond acceptors (Lipinski definition) is 2. The normalized spacial score (nSPS) is 24.2. The maximum Gasteiger partial charge on any atom is 0.119 e. The molecule has 0 amide bonds. The van der Waals surface area contributed by atoms with E-state index in [-0.39, 0.29) is 6.04 Å². The second-order valence-electron chi connectivity index (χ2n) is 6.30. The topological polar surface area (TPSA) is 21.3 Å². The SMILES string of the molecule is CCOc1ccc2c(c1)[C@@H]1C=CC[C@@H]1[C@H](c1cccc(Cl)c1Cl)N2. The van der Waals surface area contributed by atoms with E-state index in [1.807, 2.05) is 25.1 Å². The maximum absolute atomic E-state index is 6.50. The lowest BCUT2D eigenvalue weighted by Crippen LogP contribution is -2.29. The molecule has 0 unspecified atom stereocenters. The molecule has 1 aliphatic heterocycles. The highest BCUT2D eigenvalue weighted by atomic mass is 35.5. The van der Waals surface area contributed by atoms with Crippen molar-refractivity contribution in [2.75, 3.05) is 11.9 Å². The first-order valence-corrected chi connectivity index (χ1v) is 9.08. The van der Waals surface area contributed by atoms with Crippen molar-refractivity contribution in [1.29, 1.82) is 0 Å². The number of benzene rings is 2. The van der Waals surface area contributed by atoms with E-state index in [0.29, 0.717) is 28.5 Å². The molecule has 0 saturated carbocycles. The average molecular weight is 360 g/mol. The quantitative estimate of drug-likeness (QED) is 0.656. The number of nitrogens with one attached hydrogen (secondary N) is 1. The number of halogens is 2. The van der Waals surface area contributed by atoms with Crippen LogP contribution in [-0.2, 0) is 0 Å². The Kier molecular flexibility index (Phi) is 4.19. The Morgan fingerprint density at radius 3 is 2.88 bits per heavy atom. The van der Waals surface area contributed by atoms with Crippen molar-refractivity contribution in [3.05, 3.63) is 69.7 Å². The van der Waals surface area contributed by atoms with Gasteiger partial charge in [-0.15, -0.1) is 0 Å². The number of allylic oxidation sites excluding steroid dienone is 2. The van der Waals surface area contributed by atoms with Crippen LogP contribution in [0.2, 0.25) is 10.0 Å². The molecule has 0 fully saturated rings. The molecule has 2 aromatic carbocycles. The molecule has 2 aliphatic rings. The van der Waals surface area contributed by atoms with E-state index in [1.54, 1.807) is 0 Å². The summed E-state index contributed by atoms with van der Waals surface area (Å²) in [5, 5.41) is 4.94. The molecule has 4 rings (SSSR count). The standard InChI is InChI=1S/C20H19Cl2NO/c1-2-24-12-9-10-18-16(11-12)13-5-3-6-14(13)20(23-18)15-7-4-8-17(21)19(15)22/h3-5,7-11,13-14,20,23H,2,6H2,1H3/t13-,14+,20-/m1/s1. The minimum atomic E-state index is 0.154. The molecule has 0 bridgehead atoms. The molecule has 1 N–H and O–H groups in total. The summed E-state index contributed by atoms with van der Waals surface area (Å²) in [6.07, 6.45) is 5.61. The predicted octanol–water partition coefficient (Wildman–Crippen LogP) is 6.22. The van der Waals surface area contributed by atoms with Gasteiger partial charge in [0.05, 0.1) is 22.7 Å². The average Bonchev–Trinajstić information content (AvgIpc) is 3.07. The van der Waals surface area contributed by atoms with Crippen molar-refractivity contribution in [2.24, 2.45) is 5.92 Å². The van der Waals surface area contributed by atoms with Crippen molar-refractivity contribution in [3.8, 4) is 5.75 Å². The Balaban J connectivity index is 1.77. The van der Waals surface area contributed by atoms with Gasteiger partial charge in [-0.2, -0.15) is 0 Å². The Morgan fingerprint density at radius 2 is 2.04 bits per heavy atom. The van der Waals surface area contributed by atoms with Gasteiger partial charge in [0.1, 0.15) is 5.75 Å². The predicted molar refractivity (Wildman–Crippen MR) is 100 cm³/mol. The summed E-state index contributed by atoms with van der Waals surface area (Å²) in [5.41, 5.74) is 3.52. The van der Waals surface area contributed by atoms with Crippen LogP contribution in [0.25, 0.3) is 0 Å². The number of ether oxygens (including phenoxy) is 1. The molecule has 124 valence electrons. The number of rotatable bonds is 3. The first-order chi connectivity index (χ1) is 11.7. The van der Waals surface area contributed by atoms with E-state index < -0.39 is 0 Å². The van der Waals surface area contributed by atoms with E-state index in [1.165, 1.54) is 5.56 Å². The van der Waals surface area contributed by atoms with Crippen LogP contribution < -0.4 is 10.1 Å². The van der Waals surface area contributed by atoms with Gasteiger partial charge in [-0.3, -0.25) is 0 Å². The van der Waals surface area contributed by atoms with E-state index in [9.17, 15) is 0 Å². The van der Waals surface area contributed by atoms with Crippen molar-refractivity contribution in [3.63, 3.8) is 0 Å². The van der Waals surface area contributed by atoms with Gasteiger partial charge >= 0.3 is 0 Å². The molecule has 3 atom stereocenters. The largest absolute Gasteiger partial charge is 0.494 e. The zero-order chi connectivity index (χ0) is 16.7. The van der Waals surface area contributed by atoms with Crippen LogP contribution in [-0.4, -0.2) is 6.61 Å². The Bertz CT molecular complexity index is 802. The van der Waals surface area contributed by atoms with E-state index in [2.05, 4.69) is 35.7 Å². The monoisotopic (exact) mass is 359 g/mol. The third-order valence-electron chi connectivity index (χ3n) is 4.96. The van der Waals surface area contributed by atoms with Crippen LogP contribution in [0, 0.1) is 5.92 Å². The molecule has 2 nitrogen and oxygen atoms in total. The van der Waals surface area contributed by atoms with Crippen LogP contribution >= 0.6 is 23.2 Å². The van der Waals surface area contributed by atoms with Crippen molar-refractivity contribution in [2.45, 2.75) is 25.3 Å². The molecule has 24 heavy (non-hydrogen) atoms. The number of hydrogen-bond donors (Lipinski definition) is 1. The summed E-state index contributed by atoms with van der Waals surface area (Å²) in [5.74, 6) is 1.74. The van der Waals surface area contributed by atoms with Crippen molar-refractivity contribution in [1.82, 2.24) is 0 Å². The maximum atomic E-state index is 6.50. The number of fused-ring (bicyclic) bond motifs is 3. The number of anilines is 1. The summed E-state index contributed by atoms with van der Waals surface area (Å²) >= 11 is 12.7. The van der Waals surface area contributed by atoms with Gasteiger partial charge in [0.2, 0.25) is 0 Å². The highest BCUT2D eigenvalue weighted by Crippen LogP contribution is 2.51. The molecule has 0 radical (unpaired) electrons. The Labute approximate surface area is 152 Å². The van der Waals surface area contributed by atoms with Gasteiger partial charge in [-0.25, -0.2) is 0 Å². The molecule has 0 saturated heterocycles. The molecular formula is C20H19Cl2NO. The van der Waals surface area contributed by atoms with E-state index in [0.717, 1.165) is 23.4 Å². The molecule has 1 aliphatic carbocycles. The second kappa shape index (κ2) is 6.34. The molecule has 4 heteroatoms. The van der Waals surface area contributed by atoms with Crippen LogP contribution in [0.4, 0.5) is 5.69 Å². The molecule has 2 aromatic rings. The second-order valence-corrected chi connectivity index (χ2v) is 7.09. The van der Waals surface area contributed by atoms with Crippen LogP contribution in [0.3, 0.4) is 0 Å². The van der Waals surface area contributed by atoms with Gasteiger partial charge < -0.3 is 10.1 Å². The fourth-order valence-corrected chi connectivity index (χ4v) is 4.32. The minimum Gasteiger partial charge on any atom is -0.494 e. The van der Waals surface area contributed by atoms with Gasteiger partial charge in [0.25, 0.3) is 0 Å². The third-order valence-corrected chi connectivity index (χ3v) is 5.80. The summed E-state index contributed by atoms with van der Waals surface area (Å²) in [6, 6.07) is 12.3. The van der Waals surface area contributed by atoms with Crippen molar-refractivity contribution >= 4 is 28.9 Å². The lowest BCUT2D eigenvalue weighted by atomic mass is 9.77. The van der Waals surface area contributed by atoms with Gasteiger partial charge in [-0.05, 0) is 54.7 Å². The Morgan fingerprint density at radius 1 is 1.17 bits per heavy atom. The zero-order valence-electron chi connectivity index (χ0n) is 13.4. The van der Waals surface area contributed by atoms with Gasteiger partial charge in [-0.1, -0.05) is 47.5 Å². The van der Waals surface area contributed by atoms with Crippen molar-refractivity contribution < 1.29 is 4.74 Å². The molecular weight excluding hydrogens is 341 g/mol. The van der Waals surface area contributed by atoms with Crippen LogP contribution in [0.5, 0.6) is 5.75 Å². The first-order valence-electron chi connectivity index (χ1n) is 8.33. The smallest absolute Gasteiger partial charge is 0.119 e. The fraction of sp³-hybridized carbons (Fsp3) is 0.300. The Hall–Kier alpha value is -1.64. The van der Waals surface area contributed by atoms with Crippen LogP contribution in [0.15, 0.2) is 48.6 Å². The van der Waals surface area contributed by atoms with E-state index >= 15 is 0 Å².